The predicted molar refractivity (Wildman–Crippen MR) is 164 cm³/mol. The highest BCUT2D eigenvalue weighted by atomic mass is 16.7. The number of methoxy groups -OCH3 is 2. The molecule has 9 N–H and O–H groups in total. The number of aromatic hydroxyl groups is 1. The molecular weight excluding hydrogens is 600 g/mol. The van der Waals surface area contributed by atoms with Gasteiger partial charge in [-0.15, -0.1) is 0 Å². The van der Waals surface area contributed by atoms with Gasteiger partial charge < -0.3 is 51.2 Å². The van der Waals surface area contributed by atoms with Crippen molar-refractivity contribution in [3.05, 3.63) is 65.7 Å². The zero-order valence-electron chi connectivity index (χ0n) is 26.4. The minimum absolute atomic E-state index is 0.0393. The molecule has 2 aromatic rings. The topological polar surface area (TPSA) is 220 Å². The summed E-state index contributed by atoms with van der Waals surface area (Å²) in [6, 6.07) is 10.9. The number of aliphatic hydroxyl groups excluding tert-OH is 2. The predicted octanol–water partition coefficient (Wildman–Crippen LogP) is -1.45. The molecule has 0 radical (unpaired) electrons. The minimum atomic E-state index is -1.82. The maximum Gasteiger partial charge on any atom is 0.328 e. The molecule has 0 aliphatic carbocycles. The summed E-state index contributed by atoms with van der Waals surface area (Å²) in [6.07, 6.45) is -5.99. The number of benzene rings is 2. The van der Waals surface area contributed by atoms with E-state index in [1.165, 1.54) is 26.4 Å². The summed E-state index contributed by atoms with van der Waals surface area (Å²) in [5.74, 6) is -2.67. The van der Waals surface area contributed by atoms with E-state index in [2.05, 4.69) is 21.7 Å². The van der Waals surface area contributed by atoms with E-state index in [4.69, 9.17) is 14.2 Å². The lowest BCUT2D eigenvalue weighted by atomic mass is 9.95. The summed E-state index contributed by atoms with van der Waals surface area (Å²) in [6.45, 7) is 3.76. The average Bonchev–Trinajstić information content (AvgIpc) is 3.03. The lowest BCUT2D eigenvalue weighted by Crippen LogP contribution is -2.73. The number of hydrogen-bond acceptors (Lipinski definition) is 10. The summed E-state index contributed by atoms with van der Waals surface area (Å²) in [5, 5.41) is 39.3. The van der Waals surface area contributed by atoms with Gasteiger partial charge in [-0.25, -0.2) is 4.79 Å². The van der Waals surface area contributed by atoms with E-state index in [-0.39, 0.29) is 24.5 Å². The van der Waals surface area contributed by atoms with E-state index in [0.717, 1.165) is 5.56 Å². The Hall–Kier alpha value is -4.08. The number of amides is 3. The van der Waals surface area contributed by atoms with Crippen molar-refractivity contribution in [1.29, 1.82) is 0 Å². The van der Waals surface area contributed by atoms with Gasteiger partial charge in [0.25, 0.3) is 11.8 Å². The van der Waals surface area contributed by atoms with Gasteiger partial charge in [0.05, 0.1) is 7.11 Å². The summed E-state index contributed by atoms with van der Waals surface area (Å²) in [7, 11) is 2.46. The number of nitrogens with one attached hydrogen (secondary N) is 3. The highest BCUT2D eigenvalue weighted by Crippen LogP contribution is 2.23. The fraction of sp³-hybridized carbons (Fsp3) is 0.500. The molecule has 46 heavy (non-hydrogen) atoms. The Bertz CT molecular complexity index is 1310. The molecule has 3 amide bonds. The van der Waals surface area contributed by atoms with Crippen LogP contribution >= 0.6 is 0 Å². The fourth-order valence-electron chi connectivity index (χ4n) is 5.14. The molecule has 3 rings (SSSR count). The van der Waals surface area contributed by atoms with Crippen molar-refractivity contribution in [3.8, 4) is 5.75 Å². The molecule has 0 saturated carbocycles. The third kappa shape index (κ3) is 9.96. The van der Waals surface area contributed by atoms with Crippen LogP contribution in [-0.2, 0) is 46.2 Å². The van der Waals surface area contributed by atoms with Crippen LogP contribution in [0.1, 0.15) is 31.4 Å². The Kier molecular flexibility index (Phi) is 13.5. The maximum absolute atomic E-state index is 13.5. The standard InChI is InChI=1S/C32H44N4O10/c1-17(2)14-23(31(43)44-3)35-29(41)22(16-18-8-6-5-7-9-18)34-30(42)27-26(39)25(38)24(32(45-4)46-27)36-28(40)21(33)15-19-10-12-20(37)13-11-19/h5-13,17,21-27,32,37-39H,14-16,33H2,1-4H3,(H,34,42)(H,35,41)(H,36,40)/p+1/t21-,22-,23-,24+,25+,26-,27-,32-/m0/s1. The van der Waals surface area contributed by atoms with Crippen molar-refractivity contribution >= 4 is 23.7 Å². The second-order valence-electron chi connectivity index (χ2n) is 11.7. The molecule has 1 fully saturated rings. The van der Waals surface area contributed by atoms with Crippen LogP contribution in [-0.4, -0.2) is 102 Å². The third-order valence-electron chi connectivity index (χ3n) is 7.62. The van der Waals surface area contributed by atoms with E-state index >= 15 is 0 Å². The van der Waals surface area contributed by atoms with Gasteiger partial charge in [0.15, 0.2) is 18.4 Å². The van der Waals surface area contributed by atoms with Crippen LogP contribution < -0.4 is 21.7 Å². The Morgan fingerprint density at radius 1 is 0.870 bits per heavy atom. The molecule has 1 aliphatic rings. The monoisotopic (exact) mass is 645 g/mol. The first kappa shape index (κ1) is 36.4. The first-order valence-electron chi connectivity index (χ1n) is 15.0. The normalized spacial score (nSPS) is 23.1. The van der Waals surface area contributed by atoms with E-state index in [9.17, 15) is 34.5 Å². The summed E-state index contributed by atoms with van der Waals surface area (Å²) in [5.41, 5.74) is 5.31. The van der Waals surface area contributed by atoms with Crippen molar-refractivity contribution in [2.24, 2.45) is 5.92 Å². The zero-order chi connectivity index (χ0) is 34.0. The SMILES string of the molecule is COC(=O)[C@H](CC(C)C)NC(=O)[C@H](Cc1ccccc1)NC(=O)[C@H]1O[C@H](OC)[C@H](NC(=O)[C@@H]([NH3+])Cc2ccc(O)cc2)[C@@H](O)[C@@H]1O. The van der Waals surface area contributed by atoms with Gasteiger partial charge in [-0.3, -0.25) is 14.4 Å². The van der Waals surface area contributed by atoms with Crippen LogP contribution in [0, 0.1) is 5.92 Å². The summed E-state index contributed by atoms with van der Waals surface area (Å²) >= 11 is 0. The van der Waals surface area contributed by atoms with Gasteiger partial charge in [0.1, 0.15) is 36.1 Å². The molecule has 1 aliphatic heterocycles. The average molecular weight is 646 g/mol. The second-order valence-corrected chi connectivity index (χ2v) is 11.7. The molecule has 14 nitrogen and oxygen atoms in total. The van der Waals surface area contributed by atoms with Crippen LogP contribution in [0.15, 0.2) is 54.6 Å². The summed E-state index contributed by atoms with van der Waals surface area (Å²) in [4.78, 5) is 52.3. The van der Waals surface area contributed by atoms with Gasteiger partial charge in [0.2, 0.25) is 5.91 Å². The maximum atomic E-state index is 13.5. The molecule has 0 aromatic heterocycles. The number of carbonyl (C=O) groups is 4. The van der Waals surface area contributed by atoms with Gasteiger partial charge in [-0.1, -0.05) is 56.3 Å². The van der Waals surface area contributed by atoms with Crippen molar-refractivity contribution in [1.82, 2.24) is 16.0 Å². The lowest BCUT2D eigenvalue weighted by molar-refractivity contribution is -0.403. The van der Waals surface area contributed by atoms with Gasteiger partial charge >= 0.3 is 5.97 Å². The Morgan fingerprint density at radius 3 is 2.09 bits per heavy atom. The number of phenolic OH excluding ortho intramolecular Hbond substituents is 1. The number of carbonyl (C=O) groups excluding carboxylic acids is 4. The van der Waals surface area contributed by atoms with Gasteiger partial charge in [-0.05, 0) is 35.6 Å². The van der Waals surface area contributed by atoms with Crippen LogP contribution in [0.4, 0.5) is 0 Å². The van der Waals surface area contributed by atoms with E-state index in [1.807, 2.05) is 13.8 Å². The number of phenols is 1. The zero-order valence-corrected chi connectivity index (χ0v) is 26.4. The van der Waals surface area contributed by atoms with E-state index in [1.54, 1.807) is 42.5 Å². The van der Waals surface area contributed by atoms with Crippen LogP contribution in [0.25, 0.3) is 0 Å². The molecule has 0 unspecified atom stereocenters. The minimum Gasteiger partial charge on any atom is -0.508 e. The highest BCUT2D eigenvalue weighted by Gasteiger charge is 2.49. The van der Waals surface area contributed by atoms with Crippen molar-refractivity contribution in [2.75, 3.05) is 14.2 Å². The Labute approximate surface area is 267 Å². The molecule has 0 bridgehead atoms. The Morgan fingerprint density at radius 2 is 1.50 bits per heavy atom. The molecule has 1 saturated heterocycles. The number of esters is 1. The molecule has 14 heteroatoms. The molecule has 2 aromatic carbocycles. The number of hydrogen-bond donors (Lipinski definition) is 7. The van der Waals surface area contributed by atoms with Gasteiger partial charge in [0, 0.05) is 20.0 Å². The smallest absolute Gasteiger partial charge is 0.328 e. The van der Waals surface area contributed by atoms with Crippen LogP contribution in [0.3, 0.4) is 0 Å². The first-order valence-corrected chi connectivity index (χ1v) is 15.0. The second kappa shape index (κ2) is 17.0. The quantitative estimate of drug-likeness (QED) is 0.119. The number of quaternary nitrogens is 1. The molecule has 8 atom stereocenters. The van der Waals surface area contributed by atoms with E-state index < -0.39 is 72.5 Å². The summed E-state index contributed by atoms with van der Waals surface area (Å²) < 4.78 is 15.9. The number of ether oxygens (including phenoxy) is 3. The largest absolute Gasteiger partial charge is 0.508 e. The molecule has 252 valence electrons. The fourth-order valence-corrected chi connectivity index (χ4v) is 5.14. The lowest BCUT2D eigenvalue weighted by Gasteiger charge is -2.42. The molecular formula is C32H45N4O10+. The Balaban J connectivity index is 1.73. The number of aliphatic hydroxyl groups is 2. The highest BCUT2D eigenvalue weighted by molar-refractivity contribution is 5.92. The molecule has 0 spiro atoms. The van der Waals surface area contributed by atoms with Crippen LogP contribution in [0.2, 0.25) is 0 Å². The van der Waals surface area contributed by atoms with E-state index in [0.29, 0.717) is 12.0 Å². The van der Waals surface area contributed by atoms with Gasteiger partial charge in [-0.2, -0.15) is 0 Å². The van der Waals surface area contributed by atoms with Crippen molar-refractivity contribution < 1.29 is 54.4 Å². The molecule has 1 heterocycles. The first-order chi connectivity index (χ1) is 21.8. The van der Waals surface area contributed by atoms with Crippen molar-refractivity contribution in [3.63, 3.8) is 0 Å². The van der Waals surface area contributed by atoms with Crippen molar-refractivity contribution in [2.45, 2.75) is 81.9 Å². The number of rotatable bonds is 14. The third-order valence-corrected chi connectivity index (χ3v) is 7.62. The van der Waals surface area contributed by atoms with Crippen LogP contribution in [0.5, 0.6) is 5.75 Å².